The zero-order valence-corrected chi connectivity index (χ0v) is 16.0. The molecule has 7 nitrogen and oxygen atoms in total. The Labute approximate surface area is 168 Å². The van der Waals surface area contributed by atoms with Gasteiger partial charge in [-0.1, -0.05) is 24.3 Å². The minimum Gasteiger partial charge on any atom is -0.495 e. The average Bonchev–Trinajstić information content (AvgIpc) is 3.22. The third-order valence-electron chi connectivity index (χ3n) is 4.67. The van der Waals surface area contributed by atoms with Gasteiger partial charge in [0.1, 0.15) is 11.6 Å². The third-order valence-corrected chi connectivity index (χ3v) is 4.67. The number of hydrogen-bond donors (Lipinski definition) is 3. The maximum absolute atomic E-state index is 9.59. The van der Waals surface area contributed by atoms with Crippen molar-refractivity contribution in [3.05, 3.63) is 67.1 Å². The number of para-hydroxylation sites is 2. The quantitative estimate of drug-likeness (QED) is 0.449. The minimum absolute atomic E-state index is 0.251. The summed E-state index contributed by atoms with van der Waals surface area (Å²) < 4.78 is 7.01. The van der Waals surface area contributed by atoms with Crippen LogP contribution in [0.15, 0.2) is 67.1 Å². The molecule has 0 fully saturated rings. The van der Waals surface area contributed by atoms with Crippen molar-refractivity contribution < 1.29 is 14.9 Å². The molecule has 0 saturated carbocycles. The van der Waals surface area contributed by atoms with E-state index in [1.54, 1.807) is 18.0 Å². The van der Waals surface area contributed by atoms with Crippen LogP contribution in [0, 0.1) is 0 Å². The Morgan fingerprint density at radius 2 is 1.93 bits per heavy atom. The Kier molecular flexibility index (Phi) is 5.41. The predicted molar refractivity (Wildman–Crippen MR) is 112 cm³/mol. The van der Waals surface area contributed by atoms with Gasteiger partial charge in [0, 0.05) is 23.3 Å². The van der Waals surface area contributed by atoms with Gasteiger partial charge in [-0.25, -0.2) is 4.98 Å². The summed E-state index contributed by atoms with van der Waals surface area (Å²) in [4.78, 5) is 4.49. The molecule has 2 aromatic heterocycles. The molecule has 0 aliphatic rings. The van der Waals surface area contributed by atoms with Gasteiger partial charge in [0.25, 0.3) is 0 Å². The Bertz CT molecular complexity index is 1130. The van der Waals surface area contributed by atoms with Gasteiger partial charge >= 0.3 is 0 Å². The molecule has 1 unspecified atom stereocenters. The molecule has 148 valence electrons. The number of aromatic nitrogens is 3. The number of pyridine rings is 1. The van der Waals surface area contributed by atoms with Crippen molar-refractivity contribution in [2.24, 2.45) is 0 Å². The summed E-state index contributed by atoms with van der Waals surface area (Å²) in [6.45, 7) is -0.0406. The number of fused-ring (bicyclic) bond motifs is 1. The van der Waals surface area contributed by atoms with E-state index < -0.39 is 6.10 Å². The number of methoxy groups -OCH3 is 1. The van der Waals surface area contributed by atoms with Crippen LogP contribution in [0.3, 0.4) is 0 Å². The van der Waals surface area contributed by atoms with Crippen molar-refractivity contribution in [2.45, 2.75) is 12.6 Å². The topological polar surface area (TPSA) is 92.4 Å². The SMILES string of the molecule is COc1ccccc1Nc1cc2cc(-c3cnn(CC(O)CO)c3)ccc2cn1. The number of ether oxygens (including phenoxy) is 1. The number of anilines is 2. The first-order valence-corrected chi connectivity index (χ1v) is 9.28. The number of benzene rings is 2. The summed E-state index contributed by atoms with van der Waals surface area (Å²) in [6, 6.07) is 15.8. The molecular formula is C22H22N4O3. The van der Waals surface area contributed by atoms with E-state index in [0.29, 0.717) is 0 Å². The lowest BCUT2D eigenvalue weighted by atomic mass is 10.0. The smallest absolute Gasteiger partial charge is 0.142 e. The standard InChI is InChI=1S/C22H22N4O3/c1-29-21-5-3-2-4-20(21)25-22-9-17-8-15(6-7-16(17)10-23-22)18-11-24-26(12-18)13-19(28)14-27/h2-12,19,27-28H,13-14H2,1H3,(H,23,25). The van der Waals surface area contributed by atoms with Crippen LogP contribution in [0.2, 0.25) is 0 Å². The van der Waals surface area contributed by atoms with Crippen LogP contribution in [0.1, 0.15) is 0 Å². The number of nitrogens with one attached hydrogen (secondary N) is 1. The lowest BCUT2D eigenvalue weighted by molar-refractivity contribution is 0.0783. The second-order valence-electron chi connectivity index (χ2n) is 6.74. The largest absolute Gasteiger partial charge is 0.495 e. The second-order valence-corrected chi connectivity index (χ2v) is 6.74. The third kappa shape index (κ3) is 4.21. The highest BCUT2D eigenvalue weighted by molar-refractivity contribution is 5.88. The molecular weight excluding hydrogens is 368 g/mol. The van der Waals surface area contributed by atoms with E-state index >= 15 is 0 Å². The molecule has 0 amide bonds. The number of nitrogens with zero attached hydrogens (tertiary/aromatic N) is 3. The van der Waals surface area contributed by atoms with Gasteiger partial charge in [-0.3, -0.25) is 4.68 Å². The molecule has 7 heteroatoms. The fourth-order valence-corrected chi connectivity index (χ4v) is 3.16. The van der Waals surface area contributed by atoms with E-state index in [1.165, 1.54) is 0 Å². The summed E-state index contributed by atoms with van der Waals surface area (Å²) in [7, 11) is 1.64. The molecule has 3 N–H and O–H groups in total. The van der Waals surface area contributed by atoms with E-state index in [9.17, 15) is 5.11 Å². The van der Waals surface area contributed by atoms with Gasteiger partial charge < -0.3 is 20.3 Å². The summed E-state index contributed by atoms with van der Waals surface area (Å²) in [6.07, 6.45) is 4.61. The van der Waals surface area contributed by atoms with E-state index in [1.807, 2.05) is 54.9 Å². The van der Waals surface area contributed by atoms with Crippen molar-refractivity contribution in [1.82, 2.24) is 14.8 Å². The van der Waals surface area contributed by atoms with Gasteiger partial charge in [0.05, 0.1) is 38.2 Å². The molecule has 2 heterocycles. The predicted octanol–water partition coefficient (Wildman–Crippen LogP) is 3.20. The number of rotatable bonds is 7. The Morgan fingerprint density at radius 3 is 2.76 bits per heavy atom. The molecule has 0 bridgehead atoms. The summed E-state index contributed by atoms with van der Waals surface area (Å²) in [5.41, 5.74) is 2.80. The first-order valence-electron chi connectivity index (χ1n) is 9.28. The van der Waals surface area contributed by atoms with Gasteiger partial charge in [0.15, 0.2) is 0 Å². The Balaban J connectivity index is 1.62. The number of aliphatic hydroxyl groups excluding tert-OH is 2. The molecule has 4 aromatic rings. The van der Waals surface area contributed by atoms with E-state index in [2.05, 4.69) is 21.5 Å². The lowest BCUT2D eigenvalue weighted by Gasteiger charge is -2.11. The first-order chi connectivity index (χ1) is 14.2. The lowest BCUT2D eigenvalue weighted by Crippen LogP contribution is -2.19. The molecule has 0 saturated heterocycles. The normalized spacial score (nSPS) is 12.1. The highest BCUT2D eigenvalue weighted by Gasteiger charge is 2.08. The van der Waals surface area contributed by atoms with Crippen molar-refractivity contribution >= 4 is 22.3 Å². The molecule has 2 aromatic carbocycles. The van der Waals surface area contributed by atoms with Crippen LogP contribution < -0.4 is 10.1 Å². The number of aliphatic hydroxyl groups is 2. The van der Waals surface area contributed by atoms with Crippen LogP contribution in [0.25, 0.3) is 21.9 Å². The summed E-state index contributed by atoms with van der Waals surface area (Å²) in [5, 5.41) is 28.2. The molecule has 4 rings (SSSR count). The first kappa shape index (κ1) is 18.9. The van der Waals surface area contributed by atoms with Crippen LogP contribution in [-0.4, -0.2) is 44.8 Å². The van der Waals surface area contributed by atoms with Crippen molar-refractivity contribution in [3.8, 4) is 16.9 Å². The van der Waals surface area contributed by atoms with Crippen molar-refractivity contribution in [1.29, 1.82) is 0 Å². The van der Waals surface area contributed by atoms with E-state index in [0.717, 1.165) is 39.2 Å². The highest BCUT2D eigenvalue weighted by Crippen LogP contribution is 2.29. The summed E-state index contributed by atoms with van der Waals surface area (Å²) >= 11 is 0. The highest BCUT2D eigenvalue weighted by atomic mass is 16.5. The molecule has 29 heavy (non-hydrogen) atoms. The van der Waals surface area contributed by atoms with Crippen LogP contribution in [0.4, 0.5) is 11.5 Å². The van der Waals surface area contributed by atoms with Gasteiger partial charge in [-0.2, -0.15) is 5.10 Å². The maximum Gasteiger partial charge on any atom is 0.142 e. The molecule has 0 aliphatic heterocycles. The Morgan fingerprint density at radius 1 is 1.07 bits per heavy atom. The van der Waals surface area contributed by atoms with Gasteiger partial charge in [0.2, 0.25) is 0 Å². The van der Waals surface area contributed by atoms with Gasteiger partial charge in [-0.15, -0.1) is 0 Å². The van der Waals surface area contributed by atoms with Crippen LogP contribution >= 0.6 is 0 Å². The average molecular weight is 390 g/mol. The fourth-order valence-electron chi connectivity index (χ4n) is 3.16. The molecule has 0 aliphatic carbocycles. The van der Waals surface area contributed by atoms with Crippen LogP contribution in [0.5, 0.6) is 5.75 Å². The summed E-state index contributed by atoms with van der Waals surface area (Å²) in [5.74, 6) is 1.47. The number of hydrogen-bond acceptors (Lipinski definition) is 6. The second kappa shape index (κ2) is 8.30. The molecule has 0 spiro atoms. The van der Waals surface area contributed by atoms with E-state index in [4.69, 9.17) is 9.84 Å². The van der Waals surface area contributed by atoms with Crippen molar-refractivity contribution in [3.63, 3.8) is 0 Å². The monoisotopic (exact) mass is 390 g/mol. The van der Waals surface area contributed by atoms with Crippen LogP contribution in [-0.2, 0) is 6.54 Å². The minimum atomic E-state index is -0.825. The van der Waals surface area contributed by atoms with Gasteiger partial charge in [-0.05, 0) is 35.2 Å². The van der Waals surface area contributed by atoms with Crippen molar-refractivity contribution in [2.75, 3.05) is 19.0 Å². The Hall–Kier alpha value is -3.42. The zero-order valence-electron chi connectivity index (χ0n) is 16.0. The molecule has 1 atom stereocenters. The van der Waals surface area contributed by atoms with E-state index in [-0.39, 0.29) is 13.2 Å². The maximum atomic E-state index is 9.59. The zero-order chi connectivity index (χ0) is 20.2. The molecule has 0 radical (unpaired) electrons. The fraction of sp³-hybridized carbons (Fsp3) is 0.182.